The molecule has 0 unspecified atom stereocenters. The van der Waals surface area contributed by atoms with E-state index in [1.807, 2.05) is 0 Å². The van der Waals surface area contributed by atoms with Gasteiger partial charge in [0.05, 0.1) is 22.5 Å². The number of hydrogen-bond acceptors (Lipinski definition) is 6. The van der Waals surface area contributed by atoms with E-state index in [-0.39, 0.29) is 23.9 Å². The van der Waals surface area contributed by atoms with Gasteiger partial charge in [-0.25, -0.2) is 0 Å². The number of hydrogen-bond donors (Lipinski definition) is 3. The van der Waals surface area contributed by atoms with Crippen LogP contribution in [0.15, 0.2) is 67.0 Å². The Morgan fingerprint density at radius 3 is 2.32 bits per heavy atom. The van der Waals surface area contributed by atoms with Crippen LogP contribution in [0.4, 0.5) is 17.1 Å². The van der Waals surface area contributed by atoms with Crippen LogP contribution < -0.4 is 16.4 Å². The predicted octanol–water partition coefficient (Wildman–Crippen LogP) is 3.07. The van der Waals surface area contributed by atoms with Crippen molar-refractivity contribution < 1.29 is 14.5 Å². The number of non-ortho nitro benzene ring substituents is 1. The number of carbonyl (C=O) groups excluding carboxylic acids is 2. The second-order valence-electron chi connectivity index (χ2n) is 6.81. The van der Waals surface area contributed by atoms with Crippen molar-refractivity contribution in [3.05, 3.63) is 93.8 Å². The van der Waals surface area contributed by atoms with Gasteiger partial charge in [0.15, 0.2) is 0 Å². The third kappa shape index (κ3) is 6.10. The van der Waals surface area contributed by atoms with Crippen molar-refractivity contribution in [3.8, 4) is 0 Å². The minimum Gasteiger partial charge on any atom is -0.396 e. The first kappa shape index (κ1) is 21.4. The summed E-state index contributed by atoms with van der Waals surface area (Å²) in [6.07, 6.45) is 3.76. The van der Waals surface area contributed by atoms with Crippen molar-refractivity contribution in [1.29, 1.82) is 0 Å². The number of aromatic nitrogens is 1. The summed E-state index contributed by atoms with van der Waals surface area (Å²) in [5.74, 6) is -0.426. The monoisotopic (exact) mass is 419 g/mol. The molecule has 3 aromatic rings. The minimum absolute atomic E-state index is 0.0228. The maximum Gasteiger partial charge on any atom is 0.269 e. The quantitative estimate of drug-likeness (QED) is 0.379. The van der Waals surface area contributed by atoms with Crippen LogP contribution >= 0.6 is 0 Å². The maximum atomic E-state index is 12.3. The van der Waals surface area contributed by atoms with Crippen LogP contribution in [-0.2, 0) is 17.8 Å². The summed E-state index contributed by atoms with van der Waals surface area (Å²) >= 11 is 0. The Hall–Kier alpha value is -4.27. The van der Waals surface area contributed by atoms with E-state index in [0.29, 0.717) is 29.9 Å². The summed E-state index contributed by atoms with van der Waals surface area (Å²) in [7, 11) is 0. The Kier molecular flexibility index (Phi) is 6.89. The van der Waals surface area contributed by atoms with E-state index < -0.39 is 4.92 Å². The van der Waals surface area contributed by atoms with E-state index in [1.165, 1.54) is 18.3 Å². The topological polar surface area (TPSA) is 140 Å². The average molecular weight is 419 g/mol. The Bertz CT molecular complexity index is 1080. The molecule has 0 aliphatic carbocycles. The molecule has 4 N–H and O–H groups in total. The van der Waals surface area contributed by atoms with Gasteiger partial charge in [0.1, 0.15) is 0 Å². The first-order chi connectivity index (χ1) is 14.9. The van der Waals surface area contributed by atoms with Gasteiger partial charge in [0.25, 0.3) is 11.6 Å². The third-order valence-electron chi connectivity index (χ3n) is 4.59. The molecule has 158 valence electrons. The minimum atomic E-state index is -0.458. The number of carbonyl (C=O) groups is 2. The van der Waals surface area contributed by atoms with E-state index in [0.717, 1.165) is 11.1 Å². The van der Waals surface area contributed by atoms with Crippen molar-refractivity contribution in [2.45, 2.75) is 19.4 Å². The van der Waals surface area contributed by atoms with Gasteiger partial charge in [-0.2, -0.15) is 0 Å². The molecule has 0 saturated heterocycles. The normalized spacial score (nSPS) is 10.3. The van der Waals surface area contributed by atoms with Crippen molar-refractivity contribution in [1.82, 2.24) is 10.3 Å². The molecule has 1 aromatic heterocycles. The van der Waals surface area contributed by atoms with Crippen molar-refractivity contribution in [2.24, 2.45) is 0 Å². The van der Waals surface area contributed by atoms with Gasteiger partial charge < -0.3 is 16.4 Å². The number of nitro groups is 1. The van der Waals surface area contributed by atoms with Crippen molar-refractivity contribution in [2.75, 3.05) is 11.1 Å². The SMILES string of the molecule is Nc1cnccc1NC(=O)c1ccc(CNC(=O)CCc2ccc([N+](=O)[O-])cc2)cc1. The van der Waals surface area contributed by atoms with Crippen molar-refractivity contribution >= 4 is 28.9 Å². The van der Waals surface area contributed by atoms with Crippen LogP contribution in [0.3, 0.4) is 0 Å². The fourth-order valence-corrected chi connectivity index (χ4v) is 2.82. The lowest BCUT2D eigenvalue weighted by Crippen LogP contribution is -2.23. The molecule has 0 saturated carbocycles. The number of anilines is 2. The lowest BCUT2D eigenvalue weighted by atomic mass is 10.1. The summed E-state index contributed by atoms with van der Waals surface area (Å²) in [6, 6.07) is 14.6. The number of pyridine rings is 1. The molecule has 3 rings (SSSR count). The van der Waals surface area contributed by atoms with Crippen LogP contribution in [0.25, 0.3) is 0 Å². The van der Waals surface area contributed by atoms with Gasteiger partial charge in [-0.3, -0.25) is 24.7 Å². The number of rotatable bonds is 8. The Morgan fingerprint density at radius 2 is 1.68 bits per heavy atom. The third-order valence-corrected chi connectivity index (χ3v) is 4.59. The molecule has 1 heterocycles. The molecule has 0 aliphatic rings. The number of amides is 2. The predicted molar refractivity (Wildman–Crippen MR) is 116 cm³/mol. The lowest BCUT2D eigenvalue weighted by Gasteiger charge is -2.09. The summed E-state index contributed by atoms with van der Waals surface area (Å²) in [5, 5.41) is 16.2. The molecule has 9 heteroatoms. The molecular formula is C22H21N5O4. The van der Waals surface area contributed by atoms with E-state index in [2.05, 4.69) is 15.6 Å². The molecule has 0 atom stereocenters. The number of aryl methyl sites for hydroxylation is 1. The molecule has 0 spiro atoms. The fraction of sp³-hybridized carbons (Fsp3) is 0.136. The highest BCUT2D eigenvalue weighted by Crippen LogP contribution is 2.17. The highest BCUT2D eigenvalue weighted by molar-refractivity contribution is 6.05. The Balaban J connectivity index is 1.46. The van der Waals surface area contributed by atoms with Crippen LogP contribution in [0.5, 0.6) is 0 Å². The van der Waals surface area contributed by atoms with E-state index in [4.69, 9.17) is 5.73 Å². The zero-order valence-electron chi connectivity index (χ0n) is 16.6. The van der Waals surface area contributed by atoms with Crippen molar-refractivity contribution in [3.63, 3.8) is 0 Å². The van der Waals surface area contributed by atoms with Gasteiger partial charge >= 0.3 is 0 Å². The first-order valence-corrected chi connectivity index (χ1v) is 9.52. The van der Waals surface area contributed by atoms with Gasteiger partial charge in [0.2, 0.25) is 5.91 Å². The molecule has 0 radical (unpaired) electrons. The van der Waals surface area contributed by atoms with Crippen LogP contribution in [0.2, 0.25) is 0 Å². The fourth-order valence-electron chi connectivity index (χ4n) is 2.82. The number of nitrogens with zero attached hydrogens (tertiary/aromatic N) is 2. The van der Waals surface area contributed by atoms with Gasteiger partial charge in [-0.15, -0.1) is 0 Å². The molecule has 0 bridgehead atoms. The molecule has 0 aliphatic heterocycles. The van der Waals surface area contributed by atoms with Crippen LogP contribution in [-0.4, -0.2) is 21.7 Å². The summed E-state index contributed by atoms with van der Waals surface area (Å²) in [6.45, 7) is 0.332. The largest absolute Gasteiger partial charge is 0.396 e. The number of nitrogens with one attached hydrogen (secondary N) is 2. The molecule has 2 aromatic carbocycles. The van der Waals surface area contributed by atoms with Crippen LogP contribution in [0, 0.1) is 10.1 Å². The van der Waals surface area contributed by atoms with Gasteiger partial charge in [-0.05, 0) is 35.7 Å². The highest BCUT2D eigenvalue weighted by atomic mass is 16.6. The first-order valence-electron chi connectivity index (χ1n) is 9.52. The smallest absolute Gasteiger partial charge is 0.269 e. The van der Waals surface area contributed by atoms with E-state index in [1.54, 1.807) is 48.7 Å². The molecule has 31 heavy (non-hydrogen) atoms. The Morgan fingerprint density at radius 1 is 1.00 bits per heavy atom. The van der Waals surface area contributed by atoms with Gasteiger partial charge in [0, 0.05) is 36.9 Å². The number of nitro benzene ring substituents is 1. The van der Waals surface area contributed by atoms with E-state index in [9.17, 15) is 19.7 Å². The highest BCUT2D eigenvalue weighted by Gasteiger charge is 2.09. The molecule has 2 amide bonds. The second-order valence-corrected chi connectivity index (χ2v) is 6.81. The summed E-state index contributed by atoms with van der Waals surface area (Å²) in [5.41, 5.74) is 8.83. The zero-order valence-corrected chi connectivity index (χ0v) is 16.6. The zero-order chi connectivity index (χ0) is 22.2. The van der Waals surface area contributed by atoms with Crippen LogP contribution in [0.1, 0.15) is 27.9 Å². The second kappa shape index (κ2) is 9.97. The molecular weight excluding hydrogens is 398 g/mol. The molecule has 9 nitrogen and oxygen atoms in total. The molecule has 0 fully saturated rings. The lowest BCUT2D eigenvalue weighted by molar-refractivity contribution is -0.384. The maximum absolute atomic E-state index is 12.3. The standard InChI is InChI=1S/C22H21N5O4/c23-19-14-24-12-11-20(19)26-22(29)17-6-1-16(2-7-17)13-25-21(28)10-5-15-3-8-18(9-4-15)27(30)31/h1-4,6-9,11-12,14H,5,10,13,23H2,(H,25,28)(H,24,26,29). The number of nitrogens with two attached hydrogens (primary N) is 1. The average Bonchev–Trinajstić information content (AvgIpc) is 2.78. The summed E-state index contributed by atoms with van der Waals surface area (Å²) in [4.78, 5) is 38.5. The number of benzene rings is 2. The summed E-state index contributed by atoms with van der Waals surface area (Å²) < 4.78 is 0. The van der Waals surface area contributed by atoms with E-state index >= 15 is 0 Å². The Labute approximate surface area is 178 Å². The van der Waals surface area contributed by atoms with Gasteiger partial charge in [-0.1, -0.05) is 24.3 Å². The number of nitrogen functional groups attached to an aromatic ring is 1.